The van der Waals surface area contributed by atoms with Crippen molar-refractivity contribution in [2.45, 2.75) is 24.6 Å². The van der Waals surface area contributed by atoms with Crippen molar-refractivity contribution >= 4 is 50.4 Å². The maximum absolute atomic E-state index is 12.5. The molecular formula is C18H23ClN4O4S3. The van der Waals surface area contributed by atoms with Crippen LogP contribution in [-0.2, 0) is 27.6 Å². The van der Waals surface area contributed by atoms with Crippen LogP contribution in [0.15, 0.2) is 21.8 Å². The standard InChI is InChI=1S/C18H23ClN4O4S3/c19-15-2-1-14(29-15)10-22-4-6-23(7-5-22)17(24)11-28-18-21-20-16(27-18)9-13-3-8-30(25,26)12-13/h1-2,13H,3-12H2/t13-/m1/s1. The van der Waals surface area contributed by atoms with Crippen molar-refractivity contribution in [3.63, 3.8) is 0 Å². The molecule has 2 aromatic heterocycles. The third kappa shape index (κ3) is 5.97. The van der Waals surface area contributed by atoms with Gasteiger partial charge < -0.3 is 9.32 Å². The van der Waals surface area contributed by atoms with E-state index in [1.165, 1.54) is 16.6 Å². The molecule has 0 aromatic carbocycles. The van der Waals surface area contributed by atoms with Crippen molar-refractivity contribution in [3.8, 4) is 0 Å². The lowest BCUT2D eigenvalue weighted by Crippen LogP contribution is -2.48. The molecule has 0 N–H and O–H groups in total. The summed E-state index contributed by atoms with van der Waals surface area (Å²) in [5.74, 6) is 1.20. The third-order valence-electron chi connectivity index (χ3n) is 5.29. The number of hydrogen-bond acceptors (Lipinski definition) is 9. The van der Waals surface area contributed by atoms with E-state index in [1.807, 2.05) is 17.0 Å². The average Bonchev–Trinajstić information content (AvgIpc) is 3.41. The fraction of sp³-hybridized carbons (Fsp3) is 0.611. The summed E-state index contributed by atoms with van der Waals surface area (Å²) in [5.41, 5.74) is 0. The molecule has 2 aliphatic rings. The molecule has 164 valence electrons. The van der Waals surface area contributed by atoms with Gasteiger partial charge in [-0.1, -0.05) is 23.4 Å². The minimum atomic E-state index is -2.92. The maximum atomic E-state index is 12.5. The van der Waals surface area contributed by atoms with Gasteiger partial charge in [-0.2, -0.15) is 0 Å². The lowest BCUT2D eigenvalue weighted by Gasteiger charge is -2.34. The minimum absolute atomic E-state index is 0.0384. The number of rotatable bonds is 7. The number of amides is 1. The third-order valence-corrected chi connectivity index (χ3v) is 9.15. The number of aromatic nitrogens is 2. The van der Waals surface area contributed by atoms with Crippen LogP contribution < -0.4 is 0 Å². The van der Waals surface area contributed by atoms with Gasteiger partial charge in [0.1, 0.15) is 0 Å². The Balaban J connectivity index is 1.18. The van der Waals surface area contributed by atoms with Crippen molar-refractivity contribution < 1.29 is 17.6 Å². The lowest BCUT2D eigenvalue weighted by atomic mass is 10.1. The second-order valence-electron chi connectivity index (χ2n) is 7.59. The van der Waals surface area contributed by atoms with Crippen LogP contribution in [0.5, 0.6) is 0 Å². The normalized spacial score (nSPS) is 21.9. The van der Waals surface area contributed by atoms with Crippen LogP contribution >= 0.6 is 34.7 Å². The summed E-state index contributed by atoms with van der Waals surface area (Å²) in [4.78, 5) is 17.9. The second-order valence-corrected chi connectivity index (χ2v) is 12.5. The molecular weight excluding hydrogens is 468 g/mol. The quantitative estimate of drug-likeness (QED) is 0.545. The summed E-state index contributed by atoms with van der Waals surface area (Å²) < 4.78 is 29.5. The van der Waals surface area contributed by atoms with E-state index in [1.54, 1.807) is 11.3 Å². The molecule has 12 heteroatoms. The fourth-order valence-electron chi connectivity index (χ4n) is 3.69. The first-order valence-electron chi connectivity index (χ1n) is 9.76. The number of hydrogen-bond donors (Lipinski definition) is 0. The van der Waals surface area contributed by atoms with Crippen LogP contribution in [0.25, 0.3) is 0 Å². The van der Waals surface area contributed by atoms with Gasteiger partial charge in [0, 0.05) is 44.0 Å². The molecule has 30 heavy (non-hydrogen) atoms. The number of thiophene rings is 1. The predicted octanol–water partition coefficient (Wildman–Crippen LogP) is 2.20. The van der Waals surface area contributed by atoms with Crippen LogP contribution in [0.2, 0.25) is 4.34 Å². The second kappa shape index (κ2) is 9.56. The molecule has 1 atom stereocenters. The van der Waals surface area contributed by atoms with Crippen LogP contribution in [-0.4, -0.2) is 77.8 Å². The average molecular weight is 491 g/mol. The van der Waals surface area contributed by atoms with Crippen molar-refractivity contribution in [1.82, 2.24) is 20.0 Å². The highest BCUT2D eigenvalue weighted by Crippen LogP contribution is 2.25. The van der Waals surface area contributed by atoms with E-state index in [9.17, 15) is 13.2 Å². The van der Waals surface area contributed by atoms with E-state index in [2.05, 4.69) is 15.1 Å². The zero-order chi connectivity index (χ0) is 21.1. The van der Waals surface area contributed by atoms with E-state index in [0.29, 0.717) is 37.0 Å². The lowest BCUT2D eigenvalue weighted by molar-refractivity contribution is -0.130. The van der Waals surface area contributed by atoms with E-state index in [4.69, 9.17) is 16.0 Å². The first-order chi connectivity index (χ1) is 14.4. The molecule has 0 bridgehead atoms. The smallest absolute Gasteiger partial charge is 0.277 e. The summed E-state index contributed by atoms with van der Waals surface area (Å²) >= 11 is 8.81. The monoisotopic (exact) mass is 490 g/mol. The van der Waals surface area contributed by atoms with Crippen LogP contribution in [0.4, 0.5) is 0 Å². The molecule has 0 spiro atoms. The van der Waals surface area contributed by atoms with E-state index >= 15 is 0 Å². The summed E-state index contributed by atoms with van der Waals surface area (Å²) in [6.07, 6.45) is 1.11. The molecule has 1 amide bonds. The van der Waals surface area contributed by atoms with Gasteiger partial charge in [-0.05, 0) is 24.5 Å². The molecule has 2 saturated heterocycles. The number of nitrogens with zero attached hydrogens (tertiary/aromatic N) is 4. The minimum Gasteiger partial charge on any atom is -0.416 e. The Morgan fingerprint density at radius 1 is 1.27 bits per heavy atom. The van der Waals surface area contributed by atoms with E-state index in [0.717, 1.165) is 24.0 Å². The van der Waals surface area contributed by atoms with Gasteiger partial charge in [0.15, 0.2) is 9.84 Å². The summed E-state index contributed by atoms with van der Waals surface area (Å²) in [6.45, 7) is 3.93. The van der Waals surface area contributed by atoms with Crippen molar-refractivity contribution in [3.05, 3.63) is 27.2 Å². The zero-order valence-corrected chi connectivity index (χ0v) is 19.5. The van der Waals surface area contributed by atoms with Crippen molar-refractivity contribution in [1.29, 1.82) is 0 Å². The summed E-state index contributed by atoms with van der Waals surface area (Å²) in [7, 11) is -2.92. The van der Waals surface area contributed by atoms with Crippen molar-refractivity contribution in [2.75, 3.05) is 43.4 Å². The molecule has 0 aliphatic carbocycles. The molecule has 2 aromatic rings. The van der Waals surface area contributed by atoms with Crippen LogP contribution in [0.1, 0.15) is 17.2 Å². The Hall–Kier alpha value is -1.14. The highest BCUT2D eigenvalue weighted by molar-refractivity contribution is 7.99. The van der Waals surface area contributed by atoms with Gasteiger partial charge in [-0.25, -0.2) is 8.42 Å². The first kappa shape index (κ1) is 22.1. The Bertz CT molecular complexity index is 985. The number of carbonyl (C=O) groups excluding carboxylic acids is 1. The first-order valence-corrected chi connectivity index (χ1v) is 13.8. The molecule has 4 heterocycles. The molecule has 0 saturated carbocycles. The predicted molar refractivity (Wildman–Crippen MR) is 117 cm³/mol. The van der Waals surface area contributed by atoms with Gasteiger partial charge in [0.25, 0.3) is 5.22 Å². The Labute approximate surface area is 188 Å². The van der Waals surface area contributed by atoms with Gasteiger partial charge in [-0.15, -0.1) is 21.5 Å². The molecule has 0 radical (unpaired) electrons. The van der Waals surface area contributed by atoms with Gasteiger partial charge in [-0.3, -0.25) is 9.69 Å². The van der Waals surface area contributed by atoms with Crippen LogP contribution in [0.3, 0.4) is 0 Å². The van der Waals surface area contributed by atoms with Gasteiger partial charge in [0.05, 0.1) is 21.6 Å². The maximum Gasteiger partial charge on any atom is 0.277 e. The number of thioether (sulfide) groups is 1. The number of sulfone groups is 1. The highest BCUT2D eigenvalue weighted by atomic mass is 35.5. The Morgan fingerprint density at radius 3 is 2.73 bits per heavy atom. The number of carbonyl (C=O) groups is 1. The molecule has 4 rings (SSSR count). The molecule has 0 unspecified atom stereocenters. The number of halogens is 1. The van der Waals surface area contributed by atoms with Crippen molar-refractivity contribution in [2.24, 2.45) is 5.92 Å². The molecule has 8 nitrogen and oxygen atoms in total. The zero-order valence-electron chi connectivity index (χ0n) is 16.3. The van der Waals surface area contributed by atoms with Crippen LogP contribution in [0, 0.1) is 5.92 Å². The summed E-state index contributed by atoms with van der Waals surface area (Å²) in [6, 6.07) is 3.96. The summed E-state index contributed by atoms with van der Waals surface area (Å²) in [5, 5.41) is 8.33. The topological polar surface area (TPSA) is 96.6 Å². The largest absolute Gasteiger partial charge is 0.416 e. The molecule has 2 aliphatic heterocycles. The van der Waals surface area contributed by atoms with E-state index < -0.39 is 9.84 Å². The molecule has 2 fully saturated rings. The van der Waals surface area contributed by atoms with Gasteiger partial charge >= 0.3 is 0 Å². The highest BCUT2D eigenvalue weighted by Gasteiger charge is 2.29. The fourth-order valence-corrected chi connectivity index (χ4v) is 7.36. The number of piperazine rings is 1. The SMILES string of the molecule is O=C(CSc1nnc(C[C@H]2CCS(=O)(=O)C2)o1)N1CCN(Cc2ccc(Cl)s2)CC1. The Kier molecular flexibility index (Phi) is 7.03. The Morgan fingerprint density at radius 2 is 2.07 bits per heavy atom. The van der Waals surface area contributed by atoms with E-state index in [-0.39, 0.29) is 29.1 Å². The van der Waals surface area contributed by atoms with Gasteiger partial charge in [0.2, 0.25) is 11.8 Å².